The smallest absolute Gasteiger partial charge is 0.416 e. The van der Waals surface area contributed by atoms with E-state index in [1.165, 1.54) is 23.1 Å². The van der Waals surface area contributed by atoms with Gasteiger partial charge in [-0.1, -0.05) is 18.2 Å². The van der Waals surface area contributed by atoms with Gasteiger partial charge in [-0.05, 0) is 6.07 Å². The third-order valence-corrected chi connectivity index (χ3v) is 3.83. The zero-order chi connectivity index (χ0) is 17.6. The minimum absolute atomic E-state index is 0.0708. The Morgan fingerprint density at radius 3 is 2.46 bits per heavy atom. The molecule has 0 unspecified atom stereocenters. The number of carbonyl (C=O) groups is 1. The summed E-state index contributed by atoms with van der Waals surface area (Å²) in [6.45, 7) is 2.18. The van der Waals surface area contributed by atoms with Crippen molar-refractivity contribution >= 4 is 12.4 Å². The largest absolute Gasteiger partial charge is 0.445 e. The molecule has 24 heavy (non-hydrogen) atoms. The summed E-state index contributed by atoms with van der Waals surface area (Å²) >= 11 is 0. The van der Waals surface area contributed by atoms with Gasteiger partial charge in [-0.25, -0.2) is 4.79 Å². The van der Waals surface area contributed by atoms with E-state index >= 15 is 0 Å². The number of amides is 1. The Morgan fingerprint density at radius 2 is 1.83 bits per heavy atom. The zero-order valence-corrected chi connectivity index (χ0v) is 13.0. The number of piperazine rings is 1. The number of hydrogen-bond acceptors (Lipinski definition) is 4. The molecule has 1 aromatic rings. The van der Waals surface area contributed by atoms with Crippen LogP contribution in [-0.2, 0) is 22.3 Å². The maximum Gasteiger partial charge on any atom is 0.416 e. The van der Waals surface area contributed by atoms with E-state index in [2.05, 4.69) is 0 Å². The van der Waals surface area contributed by atoms with Gasteiger partial charge in [-0.2, -0.15) is 13.2 Å². The zero-order valence-electron chi connectivity index (χ0n) is 13.0. The molecular weight excluding hydrogens is 325 g/mol. The molecule has 8 heteroatoms. The van der Waals surface area contributed by atoms with Crippen LogP contribution in [0, 0.1) is 0 Å². The average Bonchev–Trinajstić information content (AvgIpc) is 2.57. The maximum atomic E-state index is 12.9. The molecule has 1 amide bonds. The maximum absolute atomic E-state index is 12.9. The van der Waals surface area contributed by atoms with Crippen LogP contribution >= 0.6 is 0 Å². The van der Waals surface area contributed by atoms with Gasteiger partial charge in [0.05, 0.1) is 5.56 Å². The molecule has 1 radical (unpaired) electrons. The number of ether oxygens (including phenoxy) is 1. The van der Waals surface area contributed by atoms with E-state index < -0.39 is 24.4 Å². The average molecular weight is 343 g/mol. The SMILES string of the molecule is O=[C]CCN1CCN(C(=O)OCc2ccccc2C(F)(F)F)CC1. The highest BCUT2D eigenvalue weighted by Crippen LogP contribution is 2.32. The van der Waals surface area contributed by atoms with Gasteiger partial charge in [-0.15, -0.1) is 0 Å². The van der Waals surface area contributed by atoms with Crippen molar-refractivity contribution in [2.45, 2.75) is 19.2 Å². The van der Waals surface area contributed by atoms with Gasteiger partial charge in [0.25, 0.3) is 0 Å². The second kappa shape index (κ2) is 8.14. The molecule has 1 heterocycles. The molecule has 1 saturated heterocycles. The number of halogens is 3. The number of rotatable bonds is 5. The van der Waals surface area contributed by atoms with Crippen LogP contribution in [0.5, 0.6) is 0 Å². The van der Waals surface area contributed by atoms with Crippen molar-refractivity contribution in [2.24, 2.45) is 0 Å². The van der Waals surface area contributed by atoms with Crippen molar-refractivity contribution in [3.63, 3.8) is 0 Å². The molecule has 0 bridgehead atoms. The molecular formula is C16H18F3N2O3. The van der Waals surface area contributed by atoms with Gasteiger partial charge in [0, 0.05) is 44.7 Å². The molecule has 1 aliphatic rings. The Kier molecular flexibility index (Phi) is 6.19. The van der Waals surface area contributed by atoms with Crippen LogP contribution in [0.2, 0.25) is 0 Å². The highest BCUT2D eigenvalue weighted by atomic mass is 19.4. The highest BCUT2D eigenvalue weighted by molar-refractivity contribution is 5.67. The van der Waals surface area contributed by atoms with Crippen LogP contribution in [0.25, 0.3) is 0 Å². The Bertz CT molecular complexity index is 570. The summed E-state index contributed by atoms with van der Waals surface area (Å²) in [7, 11) is 0. The molecule has 1 fully saturated rings. The Hall–Kier alpha value is -2.09. The van der Waals surface area contributed by atoms with Crippen LogP contribution in [0.3, 0.4) is 0 Å². The van der Waals surface area contributed by atoms with E-state index in [0.717, 1.165) is 6.07 Å². The van der Waals surface area contributed by atoms with Crippen LogP contribution in [0.1, 0.15) is 17.5 Å². The number of alkyl halides is 3. The predicted molar refractivity (Wildman–Crippen MR) is 80.0 cm³/mol. The van der Waals surface area contributed by atoms with Gasteiger partial charge in [0.15, 0.2) is 6.29 Å². The van der Waals surface area contributed by atoms with Crippen LogP contribution in [-0.4, -0.2) is 54.9 Å². The number of hydrogen-bond donors (Lipinski definition) is 0. The number of carbonyl (C=O) groups excluding carboxylic acids is 2. The monoisotopic (exact) mass is 343 g/mol. The molecule has 1 aromatic carbocycles. The predicted octanol–water partition coefficient (Wildman–Crippen LogP) is 2.46. The molecule has 0 aliphatic carbocycles. The van der Waals surface area contributed by atoms with E-state index in [9.17, 15) is 22.8 Å². The molecule has 131 valence electrons. The lowest BCUT2D eigenvalue weighted by atomic mass is 10.1. The molecule has 0 aromatic heterocycles. The lowest BCUT2D eigenvalue weighted by Gasteiger charge is -2.33. The topological polar surface area (TPSA) is 49.9 Å². The first-order chi connectivity index (χ1) is 11.4. The Labute approximate surface area is 138 Å². The summed E-state index contributed by atoms with van der Waals surface area (Å²) < 4.78 is 43.7. The number of nitrogens with zero attached hydrogens (tertiary/aromatic N) is 2. The molecule has 5 nitrogen and oxygen atoms in total. The van der Waals surface area contributed by atoms with Gasteiger partial charge in [0.2, 0.25) is 0 Å². The van der Waals surface area contributed by atoms with Crippen molar-refractivity contribution in [3.8, 4) is 0 Å². The van der Waals surface area contributed by atoms with Gasteiger partial charge in [0.1, 0.15) is 6.61 Å². The van der Waals surface area contributed by atoms with Crippen molar-refractivity contribution < 1.29 is 27.5 Å². The van der Waals surface area contributed by atoms with Crippen LogP contribution in [0.15, 0.2) is 24.3 Å². The molecule has 0 saturated carbocycles. The minimum Gasteiger partial charge on any atom is -0.445 e. The Morgan fingerprint density at radius 1 is 1.17 bits per heavy atom. The van der Waals surface area contributed by atoms with Crippen LogP contribution < -0.4 is 0 Å². The van der Waals surface area contributed by atoms with Crippen LogP contribution in [0.4, 0.5) is 18.0 Å². The van der Waals surface area contributed by atoms with Crippen molar-refractivity contribution in [3.05, 3.63) is 35.4 Å². The summed E-state index contributed by atoms with van der Waals surface area (Å²) in [5.41, 5.74) is -0.869. The first kappa shape index (κ1) is 18.3. The molecule has 0 spiro atoms. The van der Waals surface area contributed by atoms with Gasteiger partial charge >= 0.3 is 12.3 Å². The summed E-state index contributed by atoms with van der Waals surface area (Å²) in [5, 5.41) is 0. The lowest BCUT2D eigenvalue weighted by Crippen LogP contribution is -2.49. The Balaban J connectivity index is 1.85. The van der Waals surface area contributed by atoms with E-state index in [1.807, 2.05) is 11.2 Å². The van der Waals surface area contributed by atoms with E-state index in [1.54, 1.807) is 0 Å². The van der Waals surface area contributed by atoms with E-state index in [4.69, 9.17) is 4.74 Å². The lowest BCUT2D eigenvalue weighted by molar-refractivity contribution is -0.138. The standard InChI is InChI=1S/C16H18F3N2O3/c17-16(18,19)14-5-2-1-4-13(14)12-24-15(23)21-9-7-20(8-10-21)6-3-11-22/h1-2,4-5H,3,6-10,12H2. The summed E-state index contributed by atoms with van der Waals surface area (Å²) in [6, 6.07) is 5.03. The second-order valence-corrected chi connectivity index (χ2v) is 5.43. The first-order valence-corrected chi connectivity index (χ1v) is 7.56. The third kappa shape index (κ3) is 4.95. The molecule has 0 N–H and O–H groups in total. The van der Waals surface area contributed by atoms with Crippen molar-refractivity contribution in [1.82, 2.24) is 9.80 Å². The molecule has 2 rings (SSSR count). The summed E-state index contributed by atoms with van der Waals surface area (Å²) in [5.74, 6) is 0. The van der Waals surface area contributed by atoms with Crippen molar-refractivity contribution in [1.29, 1.82) is 0 Å². The fraction of sp³-hybridized carbons (Fsp3) is 0.500. The molecule has 1 aliphatic heterocycles. The summed E-state index contributed by atoms with van der Waals surface area (Å²) in [6.07, 6.45) is -2.98. The van der Waals surface area contributed by atoms with Crippen molar-refractivity contribution in [2.75, 3.05) is 32.7 Å². The van der Waals surface area contributed by atoms with E-state index in [-0.39, 0.29) is 5.56 Å². The number of benzene rings is 1. The third-order valence-electron chi connectivity index (χ3n) is 3.83. The molecule has 0 atom stereocenters. The van der Waals surface area contributed by atoms with Gasteiger partial charge < -0.3 is 9.64 Å². The normalized spacial score (nSPS) is 16.0. The van der Waals surface area contributed by atoms with Gasteiger partial charge in [-0.3, -0.25) is 9.69 Å². The first-order valence-electron chi connectivity index (χ1n) is 7.56. The highest BCUT2D eigenvalue weighted by Gasteiger charge is 2.33. The quantitative estimate of drug-likeness (QED) is 0.824. The summed E-state index contributed by atoms with van der Waals surface area (Å²) in [4.78, 5) is 25.7. The fourth-order valence-corrected chi connectivity index (χ4v) is 2.51. The fourth-order valence-electron chi connectivity index (χ4n) is 2.51. The second-order valence-electron chi connectivity index (χ2n) is 5.43. The van der Waals surface area contributed by atoms with E-state index in [0.29, 0.717) is 39.1 Å². The minimum atomic E-state index is -4.48.